The van der Waals surface area contributed by atoms with Gasteiger partial charge in [-0.25, -0.2) is 13.1 Å². The van der Waals surface area contributed by atoms with Gasteiger partial charge in [0.15, 0.2) is 0 Å². The van der Waals surface area contributed by atoms with Gasteiger partial charge in [-0.05, 0) is 44.5 Å². The fourth-order valence-electron chi connectivity index (χ4n) is 2.88. The van der Waals surface area contributed by atoms with Crippen molar-refractivity contribution in [1.82, 2.24) is 10.0 Å². The second-order valence-electron chi connectivity index (χ2n) is 6.02. The van der Waals surface area contributed by atoms with Crippen molar-refractivity contribution in [2.45, 2.75) is 56.0 Å². The van der Waals surface area contributed by atoms with E-state index in [4.69, 9.17) is 11.6 Å². The summed E-state index contributed by atoms with van der Waals surface area (Å²) in [5.41, 5.74) is 0.537. The molecule has 0 atom stereocenters. The molecule has 0 unspecified atom stereocenters. The lowest BCUT2D eigenvalue weighted by Gasteiger charge is -2.34. The van der Waals surface area contributed by atoms with Gasteiger partial charge in [-0.1, -0.05) is 36.9 Å². The van der Waals surface area contributed by atoms with E-state index in [1.165, 1.54) is 6.42 Å². The molecule has 1 aliphatic rings. The Balaban J connectivity index is 2.28. The molecule has 1 aliphatic carbocycles. The molecule has 21 heavy (non-hydrogen) atoms. The SMILES string of the molecule is CNCc1ccc(Cl)c(S(=O)(=O)NC2(C)CCCCC2)c1. The molecule has 0 radical (unpaired) electrons. The van der Waals surface area contributed by atoms with Crippen LogP contribution in [0.1, 0.15) is 44.6 Å². The standard InChI is InChI=1S/C15H23ClN2O2S/c1-15(8-4-3-5-9-15)18-21(19,20)14-10-12(11-17-2)6-7-13(14)16/h6-7,10,17-18H,3-5,8-9,11H2,1-2H3. The molecule has 0 bridgehead atoms. The molecule has 118 valence electrons. The number of hydrogen-bond donors (Lipinski definition) is 2. The molecular weight excluding hydrogens is 308 g/mol. The monoisotopic (exact) mass is 330 g/mol. The maximum absolute atomic E-state index is 12.7. The first-order valence-corrected chi connectivity index (χ1v) is 9.19. The van der Waals surface area contributed by atoms with Gasteiger partial charge in [0.05, 0.1) is 5.02 Å². The molecule has 0 heterocycles. The summed E-state index contributed by atoms with van der Waals surface area (Å²) in [6.07, 6.45) is 5.05. The molecule has 1 aromatic rings. The van der Waals surface area contributed by atoms with Gasteiger partial charge >= 0.3 is 0 Å². The largest absolute Gasteiger partial charge is 0.316 e. The maximum atomic E-state index is 12.7. The highest BCUT2D eigenvalue weighted by atomic mass is 35.5. The maximum Gasteiger partial charge on any atom is 0.242 e. The average Bonchev–Trinajstić information content (AvgIpc) is 2.40. The zero-order chi connectivity index (χ0) is 15.5. The van der Waals surface area contributed by atoms with Gasteiger partial charge < -0.3 is 5.32 Å². The van der Waals surface area contributed by atoms with Crippen molar-refractivity contribution in [3.05, 3.63) is 28.8 Å². The van der Waals surface area contributed by atoms with Crippen molar-refractivity contribution in [3.63, 3.8) is 0 Å². The van der Waals surface area contributed by atoms with E-state index in [0.717, 1.165) is 31.2 Å². The van der Waals surface area contributed by atoms with Crippen LogP contribution in [0.3, 0.4) is 0 Å². The lowest BCUT2D eigenvalue weighted by atomic mass is 9.84. The summed E-state index contributed by atoms with van der Waals surface area (Å²) in [4.78, 5) is 0.170. The Hall–Kier alpha value is -0.620. The van der Waals surface area contributed by atoms with Crippen LogP contribution < -0.4 is 10.0 Å². The Bertz CT molecular complexity index is 596. The van der Waals surface area contributed by atoms with Crippen LogP contribution in [-0.2, 0) is 16.6 Å². The topological polar surface area (TPSA) is 58.2 Å². The Kier molecular flexibility index (Phi) is 5.30. The molecule has 0 spiro atoms. The predicted molar refractivity (Wildman–Crippen MR) is 86.0 cm³/mol. The van der Waals surface area contributed by atoms with Crippen molar-refractivity contribution in [2.75, 3.05) is 7.05 Å². The van der Waals surface area contributed by atoms with Crippen LogP contribution in [0.5, 0.6) is 0 Å². The van der Waals surface area contributed by atoms with Crippen molar-refractivity contribution in [1.29, 1.82) is 0 Å². The predicted octanol–water partition coefficient (Wildman–Crippen LogP) is 3.06. The minimum atomic E-state index is -3.60. The molecule has 1 saturated carbocycles. The normalized spacial score (nSPS) is 18.6. The van der Waals surface area contributed by atoms with E-state index in [-0.39, 0.29) is 15.5 Å². The molecule has 6 heteroatoms. The zero-order valence-electron chi connectivity index (χ0n) is 12.6. The van der Waals surface area contributed by atoms with Crippen molar-refractivity contribution in [3.8, 4) is 0 Å². The van der Waals surface area contributed by atoms with Gasteiger partial charge in [-0.2, -0.15) is 0 Å². The molecule has 0 aliphatic heterocycles. The van der Waals surface area contributed by atoms with Gasteiger partial charge in [0, 0.05) is 12.1 Å². The summed E-state index contributed by atoms with van der Waals surface area (Å²) >= 11 is 6.10. The Morgan fingerprint density at radius 3 is 2.52 bits per heavy atom. The number of benzene rings is 1. The summed E-state index contributed by atoms with van der Waals surface area (Å²) < 4.78 is 28.2. The van der Waals surface area contributed by atoms with Crippen LogP contribution in [0.4, 0.5) is 0 Å². The van der Waals surface area contributed by atoms with E-state index in [1.807, 2.05) is 20.0 Å². The first kappa shape index (κ1) is 16.7. The molecule has 0 amide bonds. The summed E-state index contributed by atoms with van der Waals surface area (Å²) in [6.45, 7) is 2.59. The number of rotatable bonds is 5. The quantitative estimate of drug-likeness (QED) is 0.872. The third-order valence-corrected chi connectivity index (χ3v) is 6.12. The average molecular weight is 331 g/mol. The van der Waals surface area contributed by atoms with E-state index in [9.17, 15) is 8.42 Å². The molecule has 1 fully saturated rings. The summed E-state index contributed by atoms with van der Waals surface area (Å²) in [6, 6.07) is 5.12. The van der Waals surface area contributed by atoms with Gasteiger partial charge in [-0.15, -0.1) is 0 Å². The Labute approximate surface area is 132 Å². The Morgan fingerprint density at radius 1 is 1.24 bits per heavy atom. The molecule has 0 aromatic heterocycles. The fraction of sp³-hybridized carbons (Fsp3) is 0.600. The number of halogens is 1. The van der Waals surface area contributed by atoms with Gasteiger partial charge in [-0.3, -0.25) is 0 Å². The second-order valence-corrected chi connectivity index (χ2v) is 8.08. The molecule has 2 rings (SSSR count). The van der Waals surface area contributed by atoms with Crippen molar-refractivity contribution in [2.24, 2.45) is 0 Å². The smallest absolute Gasteiger partial charge is 0.242 e. The van der Waals surface area contributed by atoms with Crippen LogP contribution in [-0.4, -0.2) is 21.0 Å². The van der Waals surface area contributed by atoms with E-state index < -0.39 is 10.0 Å². The highest BCUT2D eigenvalue weighted by Crippen LogP contribution is 2.31. The molecule has 1 aromatic carbocycles. The van der Waals surface area contributed by atoms with Crippen LogP contribution in [0.2, 0.25) is 5.02 Å². The van der Waals surface area contributed by atoms with Crippen molar-refractivity contribution >= 4 is 21.6 Å². The Morgan fingerprint density at radius 2 is 1.90 bits per heavy atom. The van der Waals surface area contributed by atoms with E-state index in [1.54, 1.807) is 12.1 Å². The number of sulfonamides is 1. The minimum absolute atomic E-state index is 0.170. The number of hydrogen-bond acceptors (Lipinski definition) is 3. The fourth-order valence-corrected chi connectivity index (χ4v) is 4.90. The second kappa shape index (κ2) is 6.65. The minimum Gasteiger partial charge on any atom is -0.316 e. The van der Waals surface area contributed by atoms with Crippen molar-refractivity contribution < 1.29 is 8.42 Å². The number of nitrogens with one attached hydrogen (secondary N) is 2. The van der Waals surface area contributed by atoms with Crippen LogP contribution in [0.15, 0.2) is 23.1 Å². The summed E-state index contributed by atoms with van der Waals surface area (Å²) in [5, 5.41) is 3.28. The lowest BCUT2D eigenvalue weighted by Crippen LogP contribution is -2.47. The molecule has 2 N–H and O–H groups in total. The van der Waals surface area contributed by atoms with Gasteiger partial charge in [0.1, 0.15) is 4.90 Å². The summed E-state index contributed by atoms with van der Waals surface area (Å²) in [5.74, 6) is 0. The third kappa shape index (κ3) is 4.19. The van der Waals surface area contributed by atoms with E-state index >= 15 is 0 Å². The van der Waals surface area contributed by atoms with E-state index in [2.05, 4.69) is 10.0 Å². The molecule has 0 saturated heterocycles. The highest BCUT2D eigenvalue weighted by molar-refractivity contribution is 7.89. The highest BCUT2D eigenvalue weighted by Gasteiger charge is 2.32. The van der Waals surface area contributed by atoms with E-state index in [0.29, 0.717) is 6.54 Å². The summed E-state index contributed by atoms with van der Waals surface area (Å²) in [7, 11) is -1.78. The zero-order valence-corrected chi connectivity index (χ0v) is 14.1. The molecule has 4 nitrogen and oxygen atoms in total. The molecular formula is C15H23ClN2O2S. The van der Waals surface area contributed by atoms with Gasteiger partial charge in [0.25, 0.3) is 0 Å². The lowest BCUT2D eigenvalue weighted by molar-refractivity contribution is 0.294. The first-order chi connectivity index (χ1) is 9.86. The van der Waals surface area contributed by atoms with Crippen LogP contribution >= 0.6 is 11.6 Å². The third-order valence-electron chi connectivity index (χ3n) is 4.00. The van der Waals surface area contributed by atoms with Gasteiger partial charge in [0.2, 0.25) is 10.0 Å². The van der Waals surface area contributed by atoms with Crippen LogP contribution in [0.25, 0.3) is 0 Å². The first-order valence-electron chi connectivity index (χ1n) is 7.33. The van der Waals surface area contributed by atoms with Crippen LogP contribution in [0, 0.1) is 0 Å².